The highest BCUT2D eigenvalue weighted by atomic mass is 35.5. The first kappa shape index (κ1) is 16.6. The van der Waals surface area contributed by atoms with Gasteiger partial charge >= 0.3 is 0 Å². The summed E-state index contributed by atoms with van der Waals surface area (Å²) in [5.41, 5.74) is 0.847. The van der Waals surface area contributed by atoms with Gasteiger partial charge in [-0.05, 0) is 30.0 Å². The zero-order valence-electron chi connectivity index (χ0n) is 11.1. The van der Waals surface area contributed by atoms with Gasteiger partial charge in [0.2, 0.25) is 5.91 Å². The van der Waals surface area contributed by atoms with Crippen LogP contribution in [0.4, 0.5) is 0 Å². The van der Waals surface area contributed by atoms with Crippen molar-refractivity contribution in [1.82, 2.24) is 5.32 Å². The molecular weight excluding hydrogens is 305 g/mol. The predicted molar refractivity (Wildman–Crippen MR) is 82.3 cm³/mol. The van der Waals surface area contributed by atoms with Crippen LogP contribution < -0.4 is 5.32 Å². The summed E-state index contributed by atoms with van der Waals surface area (Å²) in [5.74, 6) is 0.870. The molecule has 0 heterocycles. The number of halogens is 3. The van der Waals surface area contributed by atoms with Crippen LogP contribution in [0.25, 0.3) is 0 Å². The van der Waals surface area contributed by atoms with Gasteiger partial charge in [0.1, 0.15) is 0 Å². The summed E-state index contributed by atoms with van der Waals surface area (Å²) in [7, 11) is 0. The van der Waals surface area contributed by atoms with Crippen molar-refractivity contribution in [2.24, 2.45) is 5.92 Å². The molecule has 0 radical (unpaired) electrons. The third-order valence-electron chi connectivity index (χ3n) is 2.92. The fourth-order valence-electron chi connectivity index (χ4n) is 1.78. The third kappa shape index (κ3) is 5.60. The van der Waals surface area contributed by atoms with E-state index in [9.17, 15) is 4.79 Å². The molecule has 0 bridgehead atoms. The summed E-state index contributed by atoms with van der Waals surface area (Å²) in [5, 5.41) is 3.96. The summed E-state index contributed by atoms with van der Waals surface area (Å²) in [6.45, 7) is 4.13. The van der Waals surface area contributed by atoms with Crippen LogP contribution in [-0.4, -0.2) is 17.8 Å². The van der Waals surface area contributed by atoms with Crippen LogP contribution in [0.15, 0.2) is 18.2 Å². The molecule has 1 amide bonds. The summed E-state index contributed by atoms with van der Waals surface area (Å²) >= 11 is 17.5. The lowest BCUT2D eigenvalue weighted by molar-refractivity contribution is -0.121. The van der Waals surface area contributed by atoms with Crippen molar-refractivity contribution in [3.8, 4) is 0 Å². The zero-order valence-corrected chi connectivity index (χ0v) is 13.3. The first-order valence-electron chi connectivity index (χ1n) is 6.23. The molecule has 106 valence electrons. The molecule has 1 atom stereocenters. The lowest BCUT2D eigenvalue weighted by atomic mass is 10.0. The molecule has 2 nitrogen and oxygen atoms in total. The van der Waals surface area contributed by atoms with Crippen LogP contribution in [0.2, 0.25) is 10.0 Å². The molecule has 0 saturated carbocycles. The SMILES string of the molecule is CC(C)C(CCCl)NC(=O)Cc1ccc(Cl)c(Cl)c1. The second-order valence-corrected chi connectivity index (χ2v) is 6.01. The quantitative estimate of drug-likeness (QED) is 0.777. The molecule has 19 heavy (non-hydrogen) atoms. The Morgan fingerprint density at radius 1 is 1.26 bits per heavy atom. The number of amides is 1. The number of rotatable bonds is 6. The summed E-state index contributed by atoms with van der Waals surface area (Å²) < 4.78 is 0. The molecule has 1 aromatic rings. The van der Waals surface area contributed by atoms with Gasteiger partial charge in [0.05, 0.1) is 16.5 Å². The Labute approximate surface area is 129 Å². The van der Waals surface area contributed by atoms with E-state index >= 15 is 0 Å². The Balaban J connectivity index is 2.61. The van der Waals surface area contributed by atoms with Crippen molar-refractivity contribution in [1.29, 1.82) is 0 Å². The van der Waals surface area contributed by atoms with Crippen molar-refractivity contribution < 1.29 is 4.79 Å². The van der Waals surface area contributed by atoms with Crippen molar-refractivity contribution in [3.05, 3.63) is 33.8 Å². The lowest BCUT2D eigenvalue weighted by Gasteiger charge is -2.21. The Kier molecular flexibility index (Phi) is 6.98. The van der Waals surface area contributed by atoms with E-state index in [0.717, 1.165) is 12.0 Å². The molecule has 0 aromatic heterocycles. The van der Waals surface area contributed by atoms with Crippen LogP contribution in [0.1, 0.15) is 25.8 Å². The second kappa shape index (κ2) is 7.98. The molecule has 5 heteroatoms. The maximum atomic E-state index is 12.0. The zero-order chi connectivity index (χ0) is 14.4. The Morgan fingerprint density at radius 2 is 1.95 bits per heavy atom. The second-order valence-electron chi connectivity index (χ2n) is 4.82. The minimum absolute atomic E-state index is 0.0257. The van der Waals surface area contributed by atoms with Crippen molar-refractivity contribution in [2.45, 2.75) is 32.7 Å². The van der Waals surface area contributed by atoms with E-state index in [4.69, 9.17) is 34.8 Å². The van der Waals surface area contributed by atoms with E-state index in [2.05, 4.69) is 19.2 Å². The number of benzene rings is 1. The molecule has 0 aliphatic heterocycles. The highest BCUT2D eigenvalue weighted by Crippen LogP contribution is 2.22. The first-order valence-corrected chi connectivity index (χ1v) is 7.52. The molecule has 1 rings (SSSR count). The number of hydrogen-bond donors (Lipinski definition) is 1. The minimum atomic E-state index is -0.0257. The Bertz CT molecular complexity index is 435. The van der Waals surface area contributed by atoms with Crippen LogP contribution in [0.3, 0.4) is 0 Å². The van der Waals surface area contributed by atoms with Gasteiger partial charge in [0, 0.05) is 11.9 Å². The normalized spacial score (nSPS) is 12.5. The van der Waals surface area contributed by atoms with Gasteiger partial charge in [-0.1, -0.05) is 43.1 Å². The molecule has 0 aliphatic carbocycles. The Morgan fingerprint density at radius 3 is 2.47 bits per heavy atom. The number of nitrogens with one attached hydrogen (secondary N) is 1. The Hall–Kier alpha value is -0.440. The highest BCUT2D eigenvalue weighted by molar-refractivity contribution is 6.42. The van der Waals surface area contributed by atoms with Gasteiger partial charge in [0.15, 0.2) is 0 Å². The van der Waals surface area contributed by atoms with E-state index in [-0.39, 0.29) is 11.9 Å². The number of carbonyl (C=O) groups excluding carboxylic acids is 1. The first-order chi connectivity index (χ1) is 8.93. The van der Waals surface area contributed by atoms with Crippen LogP contribution in [0, 0.1) is 5.92 Å². The molecule has 0 saturated heterocycles. The molecule has 1 N–H and O–H groups in total. The molecule has 0 aliphatic rings. The van der Waals surface area contributed by atoms with E-state index in [1.807, 2.05) is 0 Å². The average molecular weight is 323 g/mol. The van der Waals surface area contributed by atoms with Crippen molar-refractivity contribution in [3.63, 3.8) is 0 Å². The van der Waals surface area contributed by atoms with Gasteiger partial charge in [-0.25, -0.2) is 0 Å². The topological polar surface area (TPSA) is 29.1 Å². The van der Waals surface area contributed by atoms with Gasteiger partial charge < -0.3 is 5.32 Å². The summed E-state index contributed by atoms with van der Waals surface area (Å²) in [4.78, 5) is 12.0. The molecule has 0 spiro atoms. The van der Waals surface area contributed by atoms with Gasteiger partial charge in [0.25, 0.3) is 0 Å². The van der Waals surface area contributed by atoms with Gasteiger partial charge in [-0.15, -0.1) is 11.6 Å². The van der Waals surface area contributed by atoms with Crippen LogP contribution in [0.5, 0.6) is 0 Å². The van der Waals surface area contributed by atoms with Crippen molar-refractivity contribution >= 4 is 40.7 Å². The third-order valence-corrected chi connectivity index (χ3v) is 3.88. The largest absolute Gasteiger partial charge is 0.353 e. The van der Waals surface area contributed by atoms with Crippen LogP contribution >= 0.6 is 34.8 Å². The number of alkyl halides is 1. The van der Waals surface area contributed by atoms with Gasteiger partial charge in [-0.3, -0.25) is 4.79 Å². The van der Waals surface area contributed by atoms with Crippen molar-refractivity contribution in [2.75, 3.05) is 5.88 Å². The van der Waals surface area contributed by atoms with E-state index < -0.39 is 0 Å². The highest BCUT2D eigenvalue weighted by Gasteiger charge is 2.15. The maximum absolute atomic E-state index is 12.0. The van der Waals surface area contributed by atoms with E-state index in [1.165, 1.54) is 0 Å². The maximum Gasteiger partial charge on any atom is 0.224 e. The standard InChI is InChI=1S/C14H18Cl3NO/c1-9(2)13(5-6-15)18-14(19)8-10-3-4-11(16)12(17)7-10/h3-4,7,9,13H,5-6,8H2,1-2H3,(H,18,19). The summed E-state index contributed by atoms with van der Waals surface area (Å²) in [6.07, 6.45) is 1.06. The fraction of sp³-hybridized carbons (Fsp3) is 0.500. The fourth-order valence-corrected chi connectivity index (χ4v) is 2.34. The predicted octanol–water partition coefficient (Wildman–Crippen LogP) is 4.31. The van der Waals surface area contributed by atoms with E-state index in [0.29, 0.717) is 28.3 Å². The number of carbonyl (C=O) groups is 1. The van der Waals surface area contributed by atoms with E-state index in [1.54, 1.807) is 18.2 Å². The summed E-state index contributed by atoms with van der Waals surface area (Å²) in [6, 6.07) is 5.33. The molecule has 1 unspecified atom stereocenters. The molecular formula is C14H18Cl3NO. The minimum Gasteiger partial charge on any atom is -0.353 e. The smallest absolute Gasteiger partial charge is 0.224 e. The monoisotopic (exact) mass is 321 g/mol. The lowest BCUT2D eigenvalue weighted by Crippen LogP contribution is -2.39. The molecule has 1 aromatic carbocycles. The van der Waals surface area contributed by atoms with Crippen LogP contribution in [-0.2, 0) is 11.2 Å². The number of hydrogen-bond acceptors (Lipinski definition) is 1. The average Bonchev–Trinajstić information content (AvgIpc) is 2.33. The molecule has 0 fully saturated rings. The van der Waals surface area contributed by atoms with Gasteiger partial charge in [-0.2, -0.15) is 0 Å².